The summed E-state index contributed by atoms with van der Waals surface area (Å²) in [5, 5.41) is 11.5. The van der Waals surface area contributed by atoms with Crippen molar-refractivity contribution in [3.8, 4) is 0 Å². The largest absolute Gasteiger partial charge is 0.481 e. The molecule has 0 saturated heterocycles. The Morgan fingerprint density at radius 1 is 1.27 bits per heavy atom. The summed E-state index contributed by atoms with van der Waals surface area (Å²) in [6.45, 7) is 7.29. The zero-order valence-electron chi connectivity index (χ0n) is 9.96. The van der Waals surface area contributed by atoms with Crippen LogP contribution in [0.25, 0.3) is 0 Å². The van der Waals surface area contributed by atoms with E-state index in [-0.39, 0.29) is 18.4 Å². The van der Waals surface area contributed by atoms with E-state index in [1.165, 1.54) is 0 Å². The number of carbonyl (C=O) groups excluding carboxylic acids is 1. The summed E-state index contributed by atoms with van der Waals surface area (Å²) in [5.74, 6) is -0.948. The number of nitrogens with one attached hydrogen (secondary N) is 1. The third-order valence-electron chi connectivity index (χ3n) is 2.64. The number of aliphatic carboxylic acids is 1. The van der Waals surface area contributed by atoms with Gasteiger partial charge in [-0.1, -0.05) is 13.8 Å². The van der Waals surface area contributed by atoms with E-state index in [0.717, 1.165) is 12.8 Å². The zero-order chi connectivity index (χ0) is 12.1. The lowest BCUT2D eigenvalue weighted by Crippen LogP contribution is -2.41. The summed E-state index contributed by atoms with van der Waals surface area (Å²) in [6, 6.07) is 0. The van der Waals surface area contributed by atoms with Gasteiger partial charge in [0.15, 0.2) is 0 Å². The normalized spacial score (nSPS) is 11.5. The summed E-state index contributed by atoms with van der Waals surface area (Å²) < 4.78 is 0. The minimum Gasteiger partial charge on any atom is -0.481 e. The van der Waals surface area contributed by atoms with Gasteiger partial charge in [0, 0.05) is 12.5 Å². The topological polar surface area (TPSA) is 66.4 Å². The fourth-order valence-electron chi connectivity index (χ4n) is 1.19. The molecule has 0 aliphatic heterocycles. The van der Waals surface area contributed by atoms with Crippen LogP contribution >= 0.6 is 0 Å². The summed E-state index contributed by atoms with van der Waals surface area (Å²) in [4.78, 5) is 22.4. The summed E-state index contributed by atoms with van der Waals surface area (Å²) in [7, 11) is 0. The molecule has 0 aromatic carbocycles. The van der Waals surface area contributed by atoms with E-state index >= 15 is 0 Å². The molecule has 0 rings (SSSR count). The molecule has 0 fully saturated rings. The van der Waals surface area contributed by atoms with Crippen LogP contribution in [-0.2, 0) is 9.59 Å². The molecule has 0 spiro atoms. The molecule has 0 saturated carbocycles. The number of hydrogen-bond acceptors (Lipinski definition) is 2. The third kappa shape index (κ3) is 4.32. The molecule has 0 aromatic heterocycles. The second kappa shape index (κ2) is 5.73. The molecule has 0 aliphatic rings. The summed E-state index contributed by atoms with van der Waals surface area (Å²) in [5.41, 5.74) is -0.901. The first-order valence-corrected chi connectivity index (χ1v) is 5.36. The zero-order valence-corrected chi connectivity index (χ0v) is 9.96. The van der Waals surface area contributed by atoms with Gasteiger partial charge in [-0.05, 0) is 26.7 Å². The van der Waals surface area contributed by atoms with Crippen LogP contribution in [0.4, 0.5) is 0 Å². The maximum atomic E-state index is 11.6. The average molecular weight is 215 g/mol. The van der Waals surface area contributed by atoms with E-state index in [4.69, 9.17) is 5.11 Å². The van der Waals surface area contributed by atoms with Crippen molar-refractivity contribution in [1.82, 2.24) is 5.32 Å². The third-order valence-corrected chi connectivity index (χ3v) is 2.64. The minimum atomic E-state index is -0.901. The van der Waals surface area contributed by atoms with Gasteiger partial charge in [0.05, 0.1) is 5.41 Å². The Kier molecular flexibility index (Phi) is 5.33. The van der Waals surface area contributed by atoms with Gasteiger partial charge in [-0.2, -0.15) is 0 Å². The van der Waals surface area contributed by atoms with E-state index in [1.54, 1.807) is 13.8 Å². The number of carbonyl (C=O) groups is 2. The van der Waals surface area contributed by atoms with E-state index < -0.39 is 11.4 Å². The van der Waals surface area contributed by atoms with Gasteiger partial charge in [0.25, 0.3) is 0 Å². The van der Waals surface area contributed by atoms with Gasteiger partial charge in [-0.25, -0.2) is 0 Å². The number of amides is 1. The minimum absolute atomic E-state index is 0.00500. The predicted molar refractivity (Wildman–Crippen MR) is 58.5 cm³/mol. The lowest BCUT2D eigenvalue weighted by Gasteiger charge is -2.21. The van der Waals surface area contributed by atoms with Gasteiger partial charge in [-0.3, -0.25) is 9.59 Å². The Bertz CT molecular complexity index is 232. The fourth-order valence-corrected chi connectivity index (χ4v) is 1.19. The molecule has 0 aliphatic carbocycles. The van der Waals surface area contributed by atoms with Crippen LogP contribution in [-0.4, -0.2) is 23.5 Å². The molecule has 4 heteroatoms. The summed E-state index contributed by atoms with van der Waals surface area (Å²) in [6.07, 6.45) is 1.58. The fraction of sp³-hybridized carbons (Fsp3) is 0.818. The van der Waals surface area contributed by atoms with Crippen LogP contribution in [0.5, 0.6) is 0 Å². The molecule has 0 aromatic rings. The molecule has 88 valence electrons. The van der Waals surface area contributed by atoms with Crippen molar-refractivity contribution >= 4 is 11.9 Å². The lowest BCUT2D eigenvalue weighted by molar-refractivity contribution is -0.146. The Morgan fingerprint density at radius 3 is 2.07 bits per heavy atom. The van der Waals surface area contributed by atoms with E-state index in [0.29, 0.717) is 0 Å². The monoisotopic (exact) mass is 215 g/mol. The smallest absolute Gasteiger partial charge is 0.310 e. The lowest BCUT2D eigenvalue weighted by atomic mass is 9.93. The van der Waals surface area contributed by atoms with Crippen LogP contribution in [0.1, 0.15) is 40.5 Å². The molecule has 2 N–H and O–H groups in total. The molecule has 4 nitrogen and oxygen atoms in total. The van der Waals surface area contributed by atoms with E-state index in [2.05, 4.69) is 5.32 Å². The van der Waals surface area contributed by atoms with Gasteiger partial charge in [0.1, 0.15) is 0 Å². The molecular weight excluding hydrogens is 194 g/mol. The van der Waals surface area contributed by atoms with Crippen molar-refractivity contribution in [3.63, 3.8) is 0 Å². The van der Waals surface area contributed by atoms with Crippen molar-refractivity contribution in [2.75, 3.05) is 6.54 Å². The molecule has 15 heavy (non-hydrogen) atoms. The van der Waals surface area contributed by atoms with Crippen molar-refractivity contribution in [2.24, 2.45) is 11.3 Å². The average Bonchev–Trinajstić information content (AvgIpc) is 2.16. The number of carboxylic acid groups (broad SMARTS) is 1. The van der Waals surface area contributed by atoms with Crippen LogP contribution in [0.3, 0.4) is 0 Å². The number of rotatable bonds is 6. The number of hydrogen-bond donors (Lipinski definition) is 2. The maximum Gasteiger partial charge on any atom is 0.310 e. The Morgan fingerprint density at radius 2 is 1.73 bits per heavy atom. The molecule has 0 atom stereocenters. The SMILES string of the molecule is CCC(CC)C(=O)NCC(C)(C)C(=O)O. The second-order valence-electron chi connectivity index (χ2n) is 4.42. The predicted octanol–water partition coefficient (Wildman–Crippen LogP) is 1.65. The first-order valence-electron chi connectivity index (χ1n) is 5.36. The van der Waals surface area contributed by atoms with Crippen molar-refractivity contribution in [2.45, 2.75) is 40.5 Å². The van der Waals surface area contributed by atoms with Gasteiger partial charge in [-0.15, -0.1) is 0 Å². The van der Waals surface area contributed by atoms with E-state index in [1.807, 2.05) is 13.8 Å². The van der Waals surface area contributed by atoms with Crippen molar-refractivity contribution < 1.29 is 14.7 Å². The van der Waals surface area contributed by atoms with Gasteiger partial charge in [0.2, 0.25) is 5.91 Å². The van der Waals surface area contributed by atoms with Gasteiger partial charge >= 0.3 is 5.97 Å². The Labute approximate surface area is 91.1 Å². The molecular formula is C11H21NO3. The molecule has 0 radical (unpaired) electrons. The van der Waals surface area contributed by atoms with Crippen LogP contribution in [0.2, 0.25) is 0 Å². The van der Waals surface area contributed by atoms with Gasteiger partial charge < -0.3 is 10.4 Å². The highest BCUT2D eigenvalue weighted by atomic mass is 16.4. The number of carboxylic acids is 1. The van der Waals surface area contributed by atoms with E-state index in [9.17, 15) is 9.59 Å². The molecule has 0 bridgehead atoms. The quantitative estimate of drug-likeness (QED) is 0.708. The highest BCUT2D eigenvalue weighted by Crippen LogP contribution is 2.14. The Balaban J connectivity index is 4.16. The standard InChI is InChI=1S/C11H21NO3/c1-5-8(6-2)9(13)12-7-11(3,4)10(14)15/h8H,5-7H2,1-4H3,(H,12,13)(H,14,15). The maximum absolute atomic E-state index is 11.6. The highest BCUT2D eigenvalue weighted by Gasteiger charge is 2.28. The van der Waals surface area contributed by atoms with Crippen molar-refractivity contribution in [3.05, 3.63) is 0 Å². The van der Waals surface area contributed by atoms with Crippen LogP contribution < -0.4 is 5.32 Å². The molecule has 0 unspecified atom stereocenters. The molecule has 1 amide bonds. The molecule has 0 heterocycles. The van der Waals surface area contributed by atoms with Crippen LogP contribution in [0.15, 0.2) is 0 Å². The summed E-state index contributed by atoms with van der Waals surface area (Å²) >= 11 is 0. The van der Waals surface area contributed by atoms with Crippen LogP contribution in [0, 0.1) is 11.3 Å². The first-order chi connectivity index (χ1) is 6.85. The Hall–Kier alpha value is -1.06. The second-order valence-corrected chi connectivity index (χ2v) is 4.42. The highest BCUT2D eigenvalue weighted by molar-refractivity contribution is 5.80. The van der Waals surface area contributed by atoms with Crippen molar-refractivity contribution in [1.29, 1.82) is 0 Å². The first kappa shape index (κ1) is 13.9.